The van der Waals surface area contributed by atoms with E-state index in [1.54, 1.807) is 0 Å². The van der Waals surface area contributed by atoms with E-state index in [-0.39, 0.29) is 0 Å². The van der Waals surface area contributed by atoms with Crippen LogP contribution < -0.4 is 5.32 Å². The van der Waals surface area contributed by atoms with E-state index in [0.717, 1.165) is 36.7 Å². The van der Waals surface area contributed by atoms with Crippen molar-refractivity contribution in [2.45, 2.75) is 19.9 Å². The lowest BCUT2D eigenvalue weighted by Gasteiger charge is -2.04. The maximum absolute atomic E-state index is 8.60. The third-order valence-electron chi connectivity index (χ3n) is 2.15. The van der Waals surface area contributed by atoms with Crippen molar-refractivity contribution in [2.75, 3.05) is 24.7 Å². The number of nitrogens with one attached hydrogen (secondary N) is 1. The highest BCUT2D eigenvalue weighted by atomic mass is 32.2. The van der Waals surface area contributed by atoms with Crippen molar-refractivity contribution in [3.8, 4) is 0 Å². The molecule has 0 aliphatic rings. The number of aromatic nitrogens is 1. The second kappa shape index (κ2) is 8.56. The molecular weight excluding hydrogens is 220 g/mol. The summed E-state index contributed by atoms with van der Waals surface area (Å²) in [4.78, 5) is 4.32. The van der Waals surface area contributed by atoms with Crippen molar-refractivity contribution in [2.24, 2.45) is 0 Å². The molecule has 0 atom stereocenters. The molecule has 0 saturated carbocycles. The minimum atomic E-state index is 0.299. The standard InChI is InChI=1S/C12H20N2OS/c1-11-3-4-12(14-9-11)10-13-5-8-16-7-2-6-15/h3-4,9,13,15H,2,5-8,10H2,1H3. The number of aliphatic hydroxyl groups excluding tert-OH is 1. The fraction of sp³-hybridized carbons (Fsp3) is 0.583. The molecular formula is C12H20N2OS. The Kier molecular flexibility index (Phi) is 7.21. The van der Waals surface area contributed by atoms with Crippen molar-refractivity contribution in [1.29, 1.82) is 0 Å². The van der Waals surface area contributed by atoms with E-state index in [9.17, 15) is 0 Å². The molecule has 1 heterocycles. The van der Waals surface area contributed by atoms with Crippen LogP contribution in [0.15, 0.2) is 18.3 Å². The van der Waals surface area contributed by atoms with Gasteiger partial charge in [0.1, 0.15) is 0 Å². The maximum Gasteiger partial charge on any atom is 0.0541 e. The van der Waals surface area contributed by atoms with Gasteiger partial charge in [-0.05, 0) is 30.7 Å². The van der Waals surface area contributed by atoms with Crippen LogP contribution in [0.2, 0.25) is 0 Å². The molecule has 1 aromatic rings. The summed E-state index contributed by atoms with van der Waals surface area (Å²) in [6, 6.07) is 4.14. The summed E-state index contributed by atoms with van der Waals surface area (Å²) in [7, 11) is 0. The van der Waals surface area contributed by atoms with Crippen LogP contribution in [-0.2, 0) is 6.54 Å². The van der Waals surface area contributed by atoms with Gasteiger partial charge < -0.3 is 10.4 Å². The number of hydrogen-bond acceptors (Lipinski definition) is 4. The molecule has 0 saturated heterocycles. The van der Waals surface area contributed by atoms with Crippen LogP contribution in [0.1, 0.15) is 17.7 Å². The molecule has 16 heavy (non-hydrogen) atoms. The molecule has 0 aromatic carbocycles. The second-order valence-corrected chi connectivity index (χ2v) is 4.92. The highest BCUT2D eigenvalue weighted by molar-refractivity contribution is 7.99. The molecule has 0 aliphatic heterocycles. The molecule has 1 aromatic heterocycles. The van der Waals surface area contributed by atoms with Crippen molar-refractivity contribution in [3.63, 3.8) is 0 Å². The number of thioether (sulfide) groups is 1. The van der Waals surface area contributed by atoms with Gasteiger partial charge in [0, 0.05) is 31.6 Å². The number of aliphatic hydroxyl groups is 1. The Hall–Kier alpha value is -0.580. The average Bonchev–Trinajstić information content (AvgIpc) is 2.30. The molecule has 0 radical (unpaired) electrons. The predicted molar refractivity (Wildman–Crippen MR) is 69.7 cm³/mol. The number of aryl methyl sites for hydroxylation is 1. The highest BCUT2D eigenvalue weighted by Crippen LogP contribution is 2.01. The summed E-state index contributed by atoms with van der Waals surface area (Å²) in [6.45, 7) is 4.17. The molecule has 0 aliphatic carbocycles. The lowest BCUT2D eigenvalue weighted by Crippen LogP contribution is -2.17. The van der Waals surface area contributed by atoms with Gasteiger partial charge in [-0.3, -0.25) is 4.98 Å². The molecule has 0 spiro atoms. The average molecular weight is 240 g/mol. The Bertz CT molecular complexity index is 277. The fourth-order valence-electron chi connectivity index (χ4n) is 1.23. The van der Waals surface area contributed by atoms with Crippen LogP contribution in [0.5, 0.6) is 0 Å². The first-order valence-electron chi connectivity index (χ1n) is 5.64. The van der Waals surface area contributed by atoms with Gasteiger partial charge in [-0.2, -0.15) is 11.8 Å². The number of hydrogen-bond donors (Lipinski definition) is 2. The zero-order valence-corrected chi connectivity index (χ0v) is 10.6. The van der Waals surface area contributed by atoms with E-state index in [0.29, 0.717) is 6.61 Å². The Morgan fingerprint density at radius 3 is 2.94 bits per heavy atom. The van der Waals surface area contributed by atoms with Crippen LogP contribution in [0.25, 0.3) is 0 Å². The van der Waals surface area contributed by atoms with E-state index in [4.69, 9.17) is 5.11 Å². The van der Waals surface area contributed by atoms with E-state index in [1.165, 1.54) is 5.56 Å². The molecule has 90 valence electrons. The van der Waals surface area contributed by atoms with Gasteiger partial charge in [0.2, 0.25) is 0 Å². The van der Waals surface area contributed by atoms with Crippen LogP contribution in [0.3, 0.4) is 0 Å². The van der Waals surface area contributed by atoms with Gasteiger partial charge >= 0.3 is 0 Å². The third kappa shape index (κ3) is 6.10. The van der Waals surface area contributed by atoms with Crippen molar-refractivity contribution in [3.05, 3.63) is 29.6 Å². The third-order valence-corrected chi connectivity index (χ3v) is 3.22. The summed E-state index contributed by atoms with van der Waals surface area (Å²) in [5, 5.41) is 12.0. The summed E-state index contributed by atoms with van der Waals surface area (Å²) in [5.74, 6) is 2.13. The molecule has 0 amide bonds. The van der Waals surface area contributed by atoms with Gasteiger partial charge in [-0.15, -0.1) is 0 Å². The Labute approximate surface area is 102 Å². The molecule has 4 heteroatoms. The minimum absolute atomic E-state index is 0.299. The van der Waals surface area contributed by atoms with Gasteiger partial charge in [-0.1, -0.05) is 6.07 Å². The topological polar surface area (TPSA) is 45.1 Å². The molecule has 0 bridgehead atoms. The second-order valence-electron chi connectivity index (χ2n) is 3.69. The minimum Gasteiger partial charge on any atom is -0.396 e. The quantitative estimate of drug-likeness (QED) is 0.677. The van der Waals surface area contributed by atoms with Crippen LogP contribution in [-0.4, -0.2) is 34.7 Å². The molecule has 0 fully saturated rings. The maximum atomic E-state index is 8.60. The first-order valence-corrected chi connectivity index (χ1v) is 6.79. The first kappa shape index (κ1) is 13.5. The highest BCUT2D eigenvalue weighted by Gasteiger charge is 1.94. The summed E-state index contributed by atoms with van der Waals surface area (Å²) in [5.41, 5.74) is 2.29. The number of rotatable bonds is 8. The van der Waals surface area contributed by atoms with E-state index < -0.39 is 0 Å². The normalized spacial score (nSPS) is 10.6. The van der Waals surface area contributed by atoms with Crippen molar-refractivity contribution < 1.29 is 5.11 Å². The van der Waals surface area contributed by atoms with Crippen molar-refractivity contribution in [1.82, 2.24) is 10.3 Å². The zero-order chi connectivity index (χ0) is 11.6. The molecule has 0 unspecified atom stereocenters. The van der Waals surface area contributed by atoms with Gasteiger partial charge in [0.15, 0.2) is 0 Å². The summed E-state index contributed by atoms with van der Waals surface area (Å²) >= 11 is 1.87. The summed E-state index contributed by atoms with van der Waals surface area (Å²) < 4.78 is 0. The number of nitrogens with zero attached hydrogens (tertiary/aromatic N) is 1. The Balaban J connectivity index is 2.01. The lowest BCUT2D eigenvalue weighted by atomic mass is 10.3. The Morgan fingerprint density at radius 1 is 1.38 bits per heavy atom. The van der Waals surface area contributed by atoms with Crippen LogP contribution >= 0.6 is 11.8 Å². The largest absolute Gasteiger partial charge is 0.396 e. The van der Waals surface area contributed by atoms with Gasteiger partial charge in [0.05, 0.1) is 5.69 Å². The van der Waals surface area contributed by atoms with Crippen LogP contribution in [0.4, 0.5) is 0 Å². The first-order chi connectivity index (χ1) is 7.83. The molecule has 1 rings (SSSR count). The monoisotopic (exact) mass is 240 g/mol. The van der Waals surface area contributed by atoms with E-state index in [1.807, 2.05) is 24.9 Å². The van der Waals surface area contributed by atoms with E-state index in [2.05, 4.69) is 22.4 Å². The van der Waals surface area contributed by atoms with E-state index >= 15 is 0 Å². The smallest absolute Gasteiger partial charge is 0.0541 e. The van der Waals surface area contributed by atoms with Crippen molar-refractivity contribution >= 4 is 11.8 Å². The zero-order valence-electron chi connectivity index (χ0n) is 9.78. The van der Waals surface area contributed by atoms with Gasteiger partial charge in [-0.25, -0.2) is 0 Å². The lowest BCUT2D eigenvalue weighted by molar-refractivity contribution is 0.296. The Morgan fingerprint density at radius 2 is 2.25 bits per heavy atom. The fourth-order valence-corrected chi connectivity index (χ4v) is 2.06. The van der Waals surface area contributed by atoms with Gasteiger partial charge in [0.25, 0.3) is 0 Å². The van der Waals surface area contributed by atoms with Crippen LogP contribution in [0, 0.1) is 6.92 Å². The molecule has 2 N–H and O–H groups in total. The summed E-state index contributed by atoms with van der Waals surface area (Å²) in [6.07, 6.45) is 2.79. The molecule has 3 nitrogen and oxygen atoms in total. The predicted octanol–water partition coefficient (Wildman–Crippen LogP) is 1.60. The number of pyridine rings is 1. The SMILES string of the molecule is Cc1ccc(CNCCSCCCO)nc1.